The predicted octanol–water partition coefficient (Wildman–Crippen LogP) is 2.10. The van der Waals surface area contributed by atoms with Crippen LogP contribution in [0.5, 0.6) is 0 Å². The van der Waals surface area contributed by atoms with Crippen LogP contribution in [0.3, 0.4) is 0 Å². The smallest absolute Gasteiger partial charge is 0.224 e. The number of rotatable bonds is 1. The number of hydrogen-bond donors (Lipinski definition) is 1. The van der Waals surface area contributed by atoms with Gasteiger partial charge in [0.2, 0.25) is 5.28 Å². The zero-order valence-electron chi connectivity index (χ0n) is 9.18. The van der Waals surface area contributed by atoms with Crippen LogP contribution in [0.25, 0.3) is 0 Å². The highest BCUT2D eigenvalue weighted by molar-refractivity contribution is 9.10. The van der Waals surface area contributed by atoms with Crippen molar-refractivity contribution < 1.29 is 5.11 Å². The van der Waals surface area contributed by atoms with Gasteiger partial charge in [0.25, 0.3) is 0 Å². The van der Waals surface area contributed by atoms with Crippen molar-refractivity contribution in [1.82, 2.24) is 9.97 Å². The molecule has 1 aliphatic carbocycles. The third-order valence-corrected chi connectivity index (χ3v) is 4.56. The lowest BCUT2D eigenvalue weighted by Gasteiger charge is -2.20. The van der Waals surface area contributed by atoms with E-state index in [0.29, 0.717) is 11.8 Å². The molecule has 6 heteroatoms. The van der Waals surface area contributed by atoms with Gasteiger partial charge in [-0.15, -0.1) is 0 Å². The lowest BCUT2D eigenvalue weighted by atomic mass is 10.00. The molecule has 2 fully saturated rings. The zero-order valence-corrected chi connectivity index (χ0v) is 11.5. The predicted molar refractivity (Wildman–Crippen MR) is 69.2 cm³/mol. The summed E-state index contributed by atoms with van der Waals surface area (Å²) >= 11 is 9.27. The Labute approximate surface area is 113 Å². The van der Waals surface area contributed by atoms with Crippen LogP contribution < -0.4 is 4.90 Å². The average molecular weight is 319 g/mol. The highest BCUT2D eigenvalue weighted by atomic mass is 79.9. The fourth-order valence-electron chi connectivity index (χ4n) is 2.97. The Balaban J connectivity index is 1.85. The molecule has 92 valence electrons. The molecule has 3 atom stereocenters. The molecule has 1 aromatic rings. The first-order chi connectivity index (χ1) is 8.15. The van der Waals surface area contributed by atoms with Gasteiger partial charge in [0, 0.05) is 25.2 Å². The number of fused-ring (bicyclic) bond motifs is 1. The molecule has 3 rings (SSSR count). The van der Waals surface area contributed by atoms with Crippen molar-refractivity contribution >= 4 is 33.3 Å². The van der Waals surface area contributed by atoms with Gasteiger partial charge in [-0.3, -0.25) is 0 Å². The number of aliphatic hydroxyl groups is 1. The molecule has 0 bridgehead atoms. The SMILES string of the molecule is OC1CCC2CN(c3nc(Cl)ncc3Br)CC12. The maximum atomic E-state index is 9.89. The van der Waals surface area contributed by atoms with Gasteiger partial charge in [-0.25, -0.2) is 4.98 Å². The Morgan fingerprint density at radius 2 is 2.24 bits per heavy atom. The summed E-state index contributed by atoms with van der Waals surface area (Å²) in [5, 5.41) is 10.2. The molecule has 0 amide bonds. The summed E-state index contributed by atoms with van der Waals surface area (Å²) in [6.45, 7) is 1.81. The van der Waals surface area contributed by atoms with Crippen molar-refractivity contribution in [3.8, 4) is 0 Å². The van der Waals surface area contributed by atoms with E-state index in [1.807, 2.05) is 0 Å². The molecule has 0 aromatic carbocycles. The molecule has 1 saturated carbocycles. The van der Waals surface area contributed by atoms with Gasteiger partial charge in [0.15, 0.2) is 0 Å². The number of halogens is 2. The molecular formula is C11H13BrClN3O. The van der Waals surface area contributed by atoms with E-state index in [-0.39, 0.29) is 11.4 Å². The largest absolute Gasteiger partial charge is 0.393 e. The molecule has 4 nitrogen and oxygen atoms in total. The minimum absolute atomic E-state index is 0.152. The van der Waals surface area contributed by atoms with Gasteiger partial charge in [0.1, 0.15) is 5.82 Å². The van der Waals surface area contributed by atoms with E-state index in [2.05, 4.69) is 30.8 Å². The molecule has 17 heavy (non-hydrogen) atoms. The second-order valence-corrected chi connectivity index (χ2v) is 5.98. The molecule has 3 unspecified atom stereocenters. The van der Waals surface area contributed by atoms with E-state index in [1.54, 1.807) is 6.20 Å². The van der Waals surface area contributed by atoms with Crippen molar-refractivity contribution in [2.75, 3.05) is 18.0 Å². The lowest BCUT2D eigenvalue weighted by molar-refractivity contribution is 0.133. The third-order valence-electron chi connectivity index (χ3n) is 3.81. The van der Waals surface area contributed by atoms with Gasteiger partial charge < -0.3 is 10.0 Å². The van der Waals surface area contributed by atoms with Crippen molar-refractivity contribution in [3.63, 3.8) is 0 Å². The first-order valence-corrected chi connectivity index (χ1v) is 6.93. The summed E-state index contributed by atoms with van der Waals surface area (Å²) < 4.78 is 0.858. The maximum Gasteiger partial charge on any atom is 0.224 e. The Morgan fingerprint density at radius 1 is 1.41 bits per heavy atom. The molecule has 0 spiro atoms. The van der Waals surface area contributed by atoms with Gasteiger partial charge in [-0.05, 0) is 46.3 Å². The molecule has 1 aromatic heterocycles. The minimum atomic E-state index is -0.152. The fraction of sp³-hybridized carbons (Fsp3) is 0.636. The van der Waals surface area contributed by atoms with E-state index >= 15 is 0 Å². The molecule has 1 saturated heterocycles. The number of anilines is 1. The van der Waals surface area contributed by atoms with Crippen LogP contribution in [0.4, 0.5) is 5.82 Å². The van der Waals surface area contributed by atoms with Crippen LogP contribution in [0.15, 0.2) is 10.7 Å². The number of nitrogens with zero attached hydrogens (tertiary/aromatic N) is 3. The number of aliphatic hydroxyl groups excluding tert-OH is 1. The van der Waals surface area contributed by atoms with Crippen molar-refractivity contribution in [2.24, 2.45) is 11.8 Å². The summed E-state index contributed by atoms with van der Waals surface area (Å²) in [6.07, 6.45) is 3.57. The van der Waals surface area contributed by atoms with Crippen LogP contribution >= 0.6 is 27.5 Å². The Kier molecular flexibility index (Phi) is 3.00. The van der Waals surface area contributed by atoms with Crippen molar-refractivity contribution in [2.45, 2.75) is 18.9 Å². The number of hydrogen-bond acceptors (Lipinski definition) is 4. The van der Waals surface area contributed by atoms with Crippen LogP contribution in [-0.2, 0) is 0 Å². The standard InChI is InChI=1S/C11H13BrClN3O/c12-8-3-14-11(13)15-10(8)16-4-6-1-2-9(17)7(6)5-16/h3,6-7,9,17H,1-2,4-5H2. The van der Waals surface area contributed by atoms with Gasteiger partial charge in [0.05, 0.1) is 10.6 Å². The summed E-state index contributed by atoms with van der Waals surface area (Å²) in [7, 11) is 0. The lowest BCUT2D eigenvalue weighted by Crippen LogP contribution is -2.25. The monoisotopic (exact) mass is 317 g/mol. The Hall–Kier alpha value is -0.390. The summed E-state index contributed by atoms with van der Waals surface area (Å²) in [5.74, 6) is 1.81. The average Bonchev–Trinajstić information content (AvgIpc) is 2.85. The van der Waals surface area contributed by atoms with E-state index in [4.69, 9.17) is 11.6 Å². The molecule has 2 heterocycles. The van der Waals surface area contributed by atoms with E-state index in [0.717, 1.165) is 36.2 Å². The molecule has 1 N–H and O–H groups in total. The normalized spacial score (nSPS) is 31.9. The summed E-state index contributed by atoms with van der Waals surface area (Å²) in [6, 6.07) is 0. The third kappa shape index (κ3) is 2.04. The maximum absolute atomic E-state index is 9.89. The molecule has 2 aliphatic rings. The zero-order chi connectivity index (χ0) is 12.0. The van der Waals surface area contributed by atoms with Gasteiger partial charge in [-0.1, -0.05) is 0 Å². The molecular weight excluding hydrogens is 305 g/mol. The Bertz CT molecular complexity index is 445. The first-order valence-electron chi connectivity index (χ1n) is 5.76. The highest BCUT2D eigenvalue weighted by Crippen LogP contribution is 2.40. The van der Waals surface area contributed by atoms with Crippen LogP contribution in [-0.4, -0.2) is 34.3 Å². The van der Waals surface area contributed by atoms with E-state index in [1.165, 1.54) is 0 Å². The second kappa shape index (κ2) is 4.37. The minimum Gasteiger partial charge on any atom is -0.393 e. The van der Waals surface area contributed by atoms with E-state index < -0.39 is 0 Å². The summed E-state index contributed by atoms with van der Waals surface area (Å²) in [5.41, 5.74) is 0. The van der Waals surface area contributed by atoms with Gasteiger partial charge >= 0.3 is 0 Å². The Morgan fingerprint density at radius 3 is 3.00 bits per heavy atom. The van der Waals surface area contributed by atoms with E-state index in [9.17, 15) is 5.11 Å². The van der Waals surface area contributed by atoms with Crippen LogP contribution in [0, 0.1) is 11.8 Å². The topological polar surface area (TPSA) is 49.2 Å². The van der Waals surface area contributed by atoms with Crippen molar-refractivity contribution in [3.05, 3.63) is 16.0 Å². The second-order valence-electron chi connectivity index (χ2n) is 4.78. The summed E-state index contributed by atoms with van der Waals surface area (Å²) in [4.78, 5) is 10.4. The first kappa shape index (κ1) is 11.7. The van der Waals surface area contributed by atoms with Gasteiger partial charge in [-0.2, -0.15) is 4.98 Å². The molecule has 1 aliphatic heterocycles. The fourth-order valence-corrected chi connectivity index (χ4v) is 3.54. The highest BCUT2D eigenvalue weighted by Gasteiger charge is 2.42. The van der Waals surface area contributed by atoms with Crippen LogP contribution in [0.1, 0.15) is 12.8 Å². The van der Waals surface area contributed by atoms with Crippen molar-refractivity contribution in [1.29, 1.82) is 0 Å². The number of aromatic nitrogens is 2. The van der Waals surface area contributed by atoms with Crippen LogP contribution in [0.2, 0.25) is 5.28 Å². The molecule has 0 radical (unpaired) electrons. The quantitative estimate of drug-likeness (QED) is 0.806.